The number of halogens is 6. The highest BCUT2D eigenvalue weighted by Gasteiger charge is 2.45. The van der Waals surface area contributed by atoms with Gasteiger partial charge in [0.2, 0.25) is 5.91 Å². The van der Waals surface area contributed by atoms with Crippen LogP contribution in [0, 0.1) is 0 Å². The first kappa shape index (κ1) is 33.5. The highest BCUT2D eigenvalue weighted by Crippen LogP contribution is 2.40. The Balaban J connectivity index is 1.55. The van der Waals surface area contributed by atoms with Crippen LogP contribution in [0.2, 0.25) is 0 Å². The number of benzene rings is 3. The number of alkyl halides is 6. The van der Waals surface area contributed by atoms with Gasteiger partial charge in [0, 0.05) is 13.0 Å². The number of hydrogen-bond acceptors (Lipinski definition) is 4. The lowest BCUT2D eigenvalue weighted by Gasteiger charge is -2.48. The Labute approximate surface area is 252 Å². The molecule has 4 rings (SSSR count). The molecular formula is C33H36F6N2O3. The smallest absolute Gasteiger partial charge is 0.374 e. The van der Waals surface area contributed by atoms with E-state index >= 15 is 0 Å². The van der Waals surface area contributed by atoms with E-state index in [2.05, 4.69) is 10.6 Å². The lowest BCUT2D eigenvalue weighted by molar-refractivity contribution is -0.143. The molecule has 44 heavy (non-hydrogen) atoms. The van der Waals surface area contributed by atoms with Gasteiger partial charge in [-0.15, -0.1) is 0 Å². The molecule has 1 saturated heterocycles. The zero-order valence-corrected chi connectivity index (χ0v) is 24.5. The normalized spacial score (nSPS) is 21.5. The predicted octanol–water partition coefficient (Wildman–Crippen LogP) is 7.56. The van der Waals surface area contributed by atoms with Crippen molar-refractivity contribution in [3.05, 3.63) is 107 Å². The number of hydrogen-bond donors (Lipinski definition) is 2. The summed E-state index contributed by atoms with van der Waals surface area (Å²) in [5.74, 6) is -0.141. The maximum absolute atomic E-state index is 13.5. The second kappa shape index (κ2) is 13.7. The van der Waals surface area contributed by atoms with Crippen molar-refractivity contribution < 1.29 is 40.6 Å². The summed E-state index contributed by atoms with van der Waals surface area (Å²) in [7, 11) is 0. The number of amides is 1. The number of rotatable bonds is 11. The molecular weight excluding hydrogens is 586 g/mol. The van der Waals surface area contributed by atoms with Crippen LogP contribution >= 0.6 is 0 Å². The Hall–Kier alpha value is -3.41. The van der Waals surface area contributed by atoms with Gasteiger partial charge in [-0.2, -0.15) is 26.3 Å². The van der Waals surface area contributed by atoms with Crippen LogP contribution in [0.5, 0.6) is 0 Å². The molecule has 3 aromatic rings. The summed E-state index contributed by atoms with van der Waals surface area (Å²) in [4.78, 5) is 12.5. The van der Waals surface area contributed by atoms with Crippen LogP contribution < -0.4 is 10.6 Å². The lowest BCUT2D eigenvalue weighted by atomic mass is 9.76. The Bertz CT molecular complexity index is 1340. The molecule has 0 unspecified atom stereocenters. The van der Waals surface area contributed by atoms with Gasteiger partial charge < -0.3 is 20.1 Å². The molecule has 1 heterocycles. The monoisotopic (exact) mass is 622 g/mol. The maximum atomic E-state index is 13.5. The Morgan fingerprint density at radius 3 is 2.00 bits per heavy atom. The molecule has 2 N–H and O–H groups in total. The van der Waals surface area contributed by atoms with Crippen molar-refractivity contribution in [1.29, 1.82) is 0 Å². The van der Waals surface area contributed by atoms with E-state index in [1.54, 1.807) is 6.92 Å². The molecule has 0 aromatic heterocycles. The number of carbonyl (C=O) groups excluding carboxylic acids is 1. The summed E-state index contributed by atoms with van der Waals surface area (Å²) >= 11 is 0. The van der Waals surface area contributed by atoms with Crippen molar-refractivity contribution in [2.45, 2.75) is 69.3 Å². The van der Waals surface area contributed by atoms with Gasteiger partial charge in [0.15, 0.2) is 0 Å². The second-order valence-electron chi connectivity index (χ2n) is 11.3. The van der Waals surface area contributed by atoms with Gasteiger partial charge in [-0.3, -0.25) is 4.79 Å². The van der Waals surface area contributed by atoms with Gasteiger partial charge in [-0.25, -0.2) is 0 Å². The Kier molecular flexibility index (Phi) is 10.4. The molecule has 1 aliphatic rings. The average Bonchev–Trinajstić information content (AvgIpc) is 3.00. The fourth-order valence-corrected chi connectivity index (χ4v) is 5.34. The van der Waals surface area contributed by atoms with Crippen LogP contribution in [0.4, 0.5) is 26.3 Å². The largest absolute Gasteiger partial charge is 0.416 e. The minimum absolute atomic E-state index is 0.0432. The van der Waals surface area contributed by atoms with Crippen molar-refractivity contribution in [3.8, 4) is 0 Å². The third kappa shape index (κ3) is 8.40. The van der Waals surface area contributed by atoms with E-state index in [9.17, 15) is 31.1 Å². The summed E-state index contributed by atoms with van der Waals surface area (Å²) in [5, 5.41) is 6.62. The second-order valence-corrected chi connectivity index (χ2v) is 11.3. The molecule has 3 aromatic carbocycles. The minimum Gasteiger partial charge on any atom is -0.374 e. The highest BCUT2D eigenvalue weighted by molar-refractivity contribution is 5.76. The SMILES string of the molecule is CCC(=O)N[C@@]1(COCc2ccccc2)CC[C@@](CO[C@H](C)c2cc(C(F)(F)F)cc(C(F)(F)F)c2)(c2ccccc2)NC1. The van der Waals surface area contributed by atoms with Crippen molar-refractivity contribution in [2.24, 2.45) is 0 Å². The fraction of sp³-hybridized carbons (Fsp3) is 0.424. The molecule has 5 nitrogen and oxygen atoms in total. The van der Waals surface area contributed by atoms with Gasteiger partial charge in [0.1, 0.15) is 0 Å². The quantitative estimate of drug-likeness (QED) is 0.217. The average molecular weight is 623 g/mol. The number of nitrogens with one attached hydrogen (secondary N) is 2. The molecule has 0 bridgehead atoms. The van der Waals surface area contributed by atoms with Crippen molar-refractivity contribution in [3.63, 3.8) is 0 Å². The molecule has 1 amide bonds. The first-order valence-electron chi connectivity index (χ1n) is 14.4. The molecule has 1 fully saturated rings. The van der Waals surface area contributed by atoms with Crippen LogP contribution in [0.1, 0.15) is 67.0 Å². The number of piperidine rings is 1. The van der Waals surface area contributed by atoms with Gasteiger partial charge in [0.25, 0.3) is 0 Å². The zero-order valence-electron chi connectivity index (χ0n) is 24.5. The third-order valence-corrected chi connectivity index (χ3v) is 8.00. The van der Waals surface area contributed by atoms with Gasteiger partial charge >= 0.3 is 12.4 Å². The third-order valence-electron chi connectivity index (χ3n) is 8.00. The van der Waals surface area contributed by atoms with Crippen LogP contribution in [0.15, 0.2) is 78.9 Å². The summed E-state index contributed by atoms with van der Waals surface area (Å²) in [6.07, 6.45) is -9.79. The van der Waals surface area contributed by atoms with E-state index in [4.69, 9.17) is 9.47 Å². The topological polar surface area (TPSA) is 59.6 Å². The van der Waals surface area contributed by atoms with E-state index in [1.165, 1.54) is 6.92 Å². The highest BCUT2D eigenvalue weighted by atomic mass is 19.4. The molecule has 1 aliphatic heterocycles. The van der Waals surface area contributed by atoms with Crippen LogP contribution in [0.3, 0.4) is 0 Å². The zero-order chi connectivity index (χ0) is 32.0. The Morgan fingerprint density at radius 1 is 0.886 bits per heavy atom. The molecule has 11 heteroatoms. The van der Waals surface area contributed by atoms with Crippen molar-refractivity contribution in [2.75, 3.05) is 19.8 Å². The Morgan fingerprint density at radius 2 is 1.48 bits per heavy atom. The maximum Gasteiger partial charge on any atom is 0.416 e. The lowest BCUT2D eigenvalue weighted by Crippen LogP contribution is -2.66. The van der Waals surface area contributed by atoms with Crippen LogP contribution in [-0.4, -0.2) is 31.2 Å². The minimum atomic E-state index is -4.96. The first-order chi connectivity index (χ1) is 20.8. The summed E-state index contributed by atoms with van der Waals surface area (Å²) in [5.41, 5.74) is -2.76. The van der Waals surface area contributed by atoms with Crippen LogP contribution in [0.25, 0.3) is 0 Å². The van der Waals surface area contributed by atoms with Crippen molar-refractivity contribution >= 4 is 5.91 Å². The molecule has 3 atom stereocenters. The van der Waals surface area contributed by atoms with E-state index in [0.29, 0.717) is 38.1 Å². The fourth-order valence-electron chi connectivity index (χ4n) is 5.34. The van der Waals surface area contributed by atoms with Crippen LogP contribution in [-0.2, 0) is 38.8 Å². The molecule has 0 aliphatic carbocycles. The molecule has 0 saturated carbocycles. The predicted molar refractivity (Wildman–Crippen MR) is 153 cm³/mol. The molecule has 0 spiro atoms. The summed E-state index contributed by atoms with van der Waals surface area (Å²) < 4.78 is 92.9. The van der Waals surface area contributed by atoms with E-state index in [-0.39, 0.29) is 37.2 Å². The van der Waals surface area contributed by atoms with Gasteiger partial charge in [-0.1, -0.05) is 67.6 Å². The van der Waals surface area contributed by atoms with Crippen molar-refractivity contribution in [1.82, 2.24) is 10.6 Å². The summed E-state index contributed by atoms with van der Waals surface area (Å²) in [6.45, 7) is 4.02. The van der Waals surface area contributed by atoms with E-state index < -0.39 is 40.7 Å². The number of carbonyl (C=O) groups is 1. The number of ether oxygens (including phenoxy) is 2. The van der Waals surface area contributed by atoms with E-state index in [0.717, 1.165) is 11.1 Å². The first-order valence-corrected chi connectivity index (χ1v) is 14.4. The standard InChI is InChI=1S/C33H36F6N2O3/c1-3-29(42)41-30(21-43-19-24-10-6-4-7-11-24)14-15-31(40-20-30,26-12-8-5-9-13-26)22-44-23(2)25-16-27(32(34,35)36)18-28(17-25)33(37,38)39/h4-13,16-18,23,40H,3,14-15,19-22H2,1-2H3,(H,41,42)/t23-,30+,31-/m1/s1. The van der Waals surface area contributed by atoms with E-state index in [1.807, 2.05) is 60.7 Å². The summed E-state index contributed by atoms with van der Waals surface area (Å²) in [6, 6.07) is 20.4. The van der Waals surface area contributed by atoms with Gasteiger partial charge in [0.05, 0.1) is 48.1 Å². The van der Waals surface area contributed by atoms with Gasteiger partial charge in [-0.05, 0) is 54.7 Å². The molecule has 0 radical (unpaired) electrons. The molecule has 238 valence electrons.